The minimum absolute atomic E-state index is 0.0189. The van der Waals surface area contributed by atoms with Crippen LogP contribution in [-0.4, -0.2) is 84.8 Å². The third-order valence-electron chi connectivity index (χ3n) is 8.16. The van der Waals surface area contributed by atoms with E-state index in [2.05, 4.69) is 0 Å². The Kier molecular flexibility index (Phi) is 6.42. The van der Waals surface area contributed by atoms with Crippen LogP contribution in [0.4, 0.5) is 0 Å². The maximum Gasteiger partial charge on any atom is 0.326 e. The molecule has 0 fully saturated rings. The predicted molar refractivity (Wildman–Crippen MR) is 152 cm³/mol. The zero-order valence-corrected chi connectivity index (χ0v) is 23.7. The molecule has 3 aromatic carbocycles. The summed E-state index contributed by atoms with van der Waals surface area (Å²) in [5, 5.41) is 0. The molecule has 3 aromatic rings. The molecule has 4 amide bonds. The summed E-state index contributed by atoms with van der Waals surface area (Å²) in [5.41, 5.74) is 3.42. The standard InChI is InChI=1S/C32H25N3O9/c1-16-26(41-2)22-11-17(14-42-24(36)13-35-31(39)20-9-5-6-10-21(20)32(35)40)33-23(25(22)28-27(16)43-15-44-28)12-34-29(37)18-7-3-4-8-19(18)30(34)38/h3-10,17H,11-15H2,1-2H3. The van der Waals surface area contributed by atoms with E-state index in [1.165, 1.54) is 19.2 Å². The summed E-state index contributed by atoms with van der Waals surface area (Å²) in [6.45, 7) is 0.904. The van der Waals surface area contributed by atoms with Crippen molar-refractivity contribution in [1.29, 1.82) is 0 Å². The van der Waals surface area contributed by atoms with Crippen molar-refractivity contribution in [2.45, 2.75) is 19.4 Å². The van der Waals surface area contributed by atoms with Gasteiger partial charge < -0.3 is 18.9 Å². The van der Waals surface area contributed by atoms with Crippen molar-refractivity contribution in [3.63, 3.8) is 0 Å². The molecule has 0 N–H and O–H groups in total. The molecule has 0 radical (unpaired) electrons. The van der Waals surface area contributed by atoms with Crippen LogP contribution >= 0.6 is 0 Å². The molecule has 4 aliphatic rings. The Labute approximate surface area is 250 Å². The van der Waals surface area contributed by atoms with E-state index < -0.39 is 42.2 Å². The summed E-state index contributed by atoms with van der Waals surface area (Å²) < 4.78 is 22.9. The second-order valence-corrected chi connectivity index (χ2v) is 10.7. The first-order chi connectivity index (χ1) is 21.3. The van der Waals surface area contributed by atoms with E-state index in [9.17, 15) is 24.0 Å². The van der Waals surface area contributed by atoms with Crippen molar-refractivity contribution in [2.24, 2.45) is 4.99 Å². The van der Waals surface area contributed by atoms with E-state index >= 15 is 0 Å². The summed E-state index contributed by atoms with van der Waals surface area (Å²) >= 11 is 0. The zero-order valence-electron chi connectivity index (χ0n) is 23.7. The van der Waals surface area contributed by atoms with Gasteiger partial charge in [0, 0.05) is 17.5 Å². The summed E-state index contributed by atoms with van der Waals surface area (Å²) in [7, 11) is 1.53. The lowest BCUT2D eigenvalue weighted by Crippen LogP contribution is -2.39. The second-order valence-electron chi connectivity index (χ2n) is 10.7. The fourth-order valence-electron chi connectivity index (χ4n) is 6.16. The fraction of sp³-hybridized carbons (Fsp3) is 0.250. The van der Waals surface area contributed by atoms with Gasteiger partial charge in [-0.05, 0) is 31.2 Å². The highest BCUT2D eigenvalue weighted by molar-refractivity contribution is 6.24. The molecule has 0 aliphatic carbocycles. The number of nitrogens with zero attached hydrogens (tertiary/aromatic N) is 3. The Morgan fingerprint density at radius 2 is 1.41 bits per heavy atom. The predicted octanol–water partition coefficient (Wildman–Crippen LogP) is 2.58. The highest BCUT2D eigenvalue weighted by Gasteiger charge is 2.41. The number of ether oxygens (including phenoxy) is 4. The molecule has 1 atom stereocenters. The van der Waals surface area contributed by atoms with Crippen LogP contribution in [0, 0.1) is 6.92 Å². The van der Waals surface area contributed by atoms with Gasteiger partial charge in [0.1, 0.15) is 18.9 Å². The minimum atomic E-state index is -0.781. The van der Waals surface area contributed by atoms with Gasteiger partial charge in [-0.3, -0.25) is 38.8 Å². The molecule has 0 bridgehead atoms. The topological polar surface area (TPSA) is 141 Å². The first-order valence-electron chi connectivity index (χ1n) is 13.9. The fourth-order valence-corrected chi connectivity index (χ4v) is 6.16. The number of fused-ring (bicyclic) bond motifs is 5. The van der Waals surface area contributed by atoms with Crippen LogP contribution in [0.2, 0.25) is 0 Å². The number of hydrogen-bond donors (Lipinski definition) is 0. The molecule has 1 unspecified atom stereocenters. The van der Waals surface area contributed by atoms with Crippen LogP contribution in [0.25, 0.3) is 0 Å². The molecule has 4 aliphatic heterocycles. The average molecular weight is 596 g/mol. The molecular formula is C32H25N3O9. The first kappa shape index (κ1) is 27.3. The van der Waals surface area contributed by atoms with E-state index in [-0.39, 0.29) is 37.5 Å². The average Bonchev–Trinajstić information content (AvgIpc) is 3.68. The summed E-state index contributed by atoms with van der Waals surface area (Å²) in [5.74, 6) is -1.35. The largest absolute Gasteiger partial charge is 0.496 e. The minimum Gasteiger partial charge on any atom is -0.496 e. The van der Waals surface area contributed by atoms with Gasteiger partial charge in [0.05, 0.1) is 53.2 Å². The Hall–Kier alpha value is -5.52. The lowest BCUT2D eigenvalue weighted by molar-refractivity contribution is -0.144. The van der Waals surface area contributed by atoms with E-state index in [1.54, 1.807) is 36.4 Å². The zero-order chi connectivity index (χ0) is 30.7. The van der Waals surface area contributed by atoms with Gasteiger partial charge in [0.25, 0.3) is 23.6 Å². The van der Waals surface area contributed by atoms with Crippen molar-refractivity contribution in [3.8, 4) is 17.2 Å². The van der Waals surface area contributed by atoms with Gasteiger partial charge in [-0.25, -0.2) is 0 Å². The number of amides is 4. The summed E-state index contributed by atoms with van der Waals surface area (Å²) in [6.07, 6.45) is 0.280. The van der Waals surface area contributed by atoms with E-state index in [4.69, 9.17) is 23.9 Å². The molecule has 7 rings (SSSR count). The van der Waals surface area contributed by atoms with Crippen LogP contribution in [0.3, 0.4) is 0 Å². The molecule has 0 aromatic heterocycles. The Morgan fingerprint density at radius 1 is 0.864 bits per heavy atom. The molecular weight excluding hydrogens is 570 g/mol. The number of carbonyl (C=O) groups excluding carboxylic acids is 5. The second kappa shape index (κ2) is 10.3. The summed E-state index contributed by atoms with van der Waals surface area (Å²) in [4.78, 5) is 71.5. The van der Waals surface area contributed by atoms with Crippen LogP contribution in [0.1, 0.15) is 58.1 Å². The third-order valence-corrected chi connectivity index (χ3v) is 8.16. The maximum absolute atomic E-state index is 13.2. The van der Waals surface area contributed by atoms with Gasteiger partial charge in [0.15, 0.2) is 11.5 Å². The van der Waals surface area contributed by atoms with E-state index in [0.29, 0.717) is 50.8 Å². The number of rotatable bonds is 7. The SMILES string of the molecule is COc1c(C)c2c(c3c1CC(COC(=O)CN1C(=O)c4ccccc4C1=O)N=C3CN1C(=O)c3ccccc3C1=O)OCO2. The lowest BCUT2D eigenvalue weighted by Gasteiger charge is -2.28. The molecule has 44 heavy (non-hydrogen) atoms. The third kappa shape index (κ3) is 4.13. The van der Waals surface area contributed by atoms with Crippen molar-refractivity contribution < 1.29 is 42.9 Å². The highest BCUT2D eigenvalue weighted by Crippen LogP contribution is 2.48. The van der Waals surface area contributed by atoms with Gasteiger partial charge in [0.2, 0.25) is 6.79 Å². The number of hydrogen-bond acceptors (Lipinski definition) is 10. The van der Waals surface area contributed by atoms with Crippen molar-refractivity contribution in [1.82, 2.24) is 9.80 Å². The van der Waals surface area contributed by atoms with E-state index in [0.717, 1.165) is 9.80 Å². The quantitative estimate of drug-likeness (QED) is 0.298. The first-order valence-corrected chi connectivity index (χ1v) is 13.9. The number of imide groups is 2. The van der Waals surface area contributed by atoms with Crippen molar-refractivity contribution in [2.75, 3.05) is 33.6 Å². The normalized spacial score (nSPS) is 17.9. The van der Waals surface area contributed by atoms with Gasteiger partial charge in [-0.2, -0.15) is 0 Å². The van der Waals surface area contributed by atoms with Gasteiger partial charge in [-0.15, -0.1) is 0 Å². The van der Waals surface area contributed by atoms with Crippen LogP contribution in [0.5, 0.6) is 17.2 Å². The maximum atomic E-state index is 13.2. The molecule has 0 saturated heterocycles. The summed E-state index contributed by atoms with van der Waals surface area (Å²) in [6, 6.07) is 12.3. The molecule has 0 saturated carbocycles. The van der Waals surface area contributed by atoms with Crippen molar-refractivity contribution in [3.05, 3.63) is 87.5 Å². The molecule has 0 spiro atoms. The monoisotopic (exact) mass is 595 g/mol. The van der Waals surface area contributed by atoms with Gasteiger partial charge in [-0.1, -0.05) is 24.3 Å². The Balaban J connectivity index is 1.17. The van der Waals surface area contributed by atoms with Crippen LogP contribution in [0.15, 0.2) is 53.5 Å². The van der Waals surface area contributed by atoms with E-state index in [1.807, 2.05) is 6.92 Å². The number of aliphatic imine (C=N–C) groups is 1. The van der Waals surface area contributed by atoms with Crippen LogP contribution < -0.4 is 14.2 Å². The van der Waals surface area contributed by atoms with Crippen LogP contribution in [-0.2, 0) is 16.0 Å². The molecule has 12 heteroatoms. The van der Waals surface area contributed by atoms with Crippen molar-refractivity contribution >= 4 is 35.3 Å². The molecule has 4 heterocycles. The number of esters is 1. The smallest absolute Gasteiger partial charge is 0.326 e. The Morgan fingerprint density at radius 3 is 1.98 bits per heavy atom. The lowest BCUT2D eigenvalue weighted by atomic mass is 9.89. The number of carbonyl (C=O) groups is 5. The van der Waals surface area contributed by atoms with Gasteiger partial charge >= 0.3 is 5.97 Å². The number of methoxy groups -OCH3 is 1. The Bertz CT molecular complexity index is 1780. The molecule has 12 nitrogen and oxygen atoms in total. The molecule has 222 valence electrons. The number of benzene rings is 3. The highest BCUT2D eigenvalue weighted by atomic mass is 16.7.